The first kappa shape index (κ1) is 32.1. The molecule has 0 N–H and O–H groups in total. The highest BCUT2D eigenvalue weighted by atomic mass is 16.3. The second kappa shape index (κ2) is 12.2. The molecule has 5 heteroatoms. The van der Waals surface area contributed by atoms with Gasteiger partial charge in [-0.2, -0.15) is 0 Å². The number of benzene rings is 9. The molecule has 4 aromatic heterocycles. The summed E-state index contributed by atoms with van der Waals surface area (Å²) in [6.07, 6.45) is 0. The highest BCUT2D eigenvalue weighted by Crippen LogP contribution is 2.46. The van der Waals surface area contributed by atoms with Crippen molar-refractivity contribution in [3.05, 3.63) is 194 Å². The predicted molar refractivity (Wildman–Crippen MR) is 244 cm³/mol. The van der Waals surface area contributed by atoms with Crippen molar-refractivity contribution in [2.75, 3.05) is 0 Å². The Kier molecular flexibility index (Phi) is 6.66. The smallest absolute Gasteiger partial charge is 0.235 e. The van der Waals surface area contributed by atoms with E-state index in [-0.39, 0.29) is 0 Å². The lowest BCUT2D eigenvalue weighted by molar-refractivity contribution is 0.669. The molecule has 0 bridgehead atoms. The summed E-state index contributed by atoms with van der Waals surface area (Å²) in [6, 6.07) is 68.9. The fraction of sp³-hybridized carbons (Fsp3) is 0. The number of rotatable bonds is 4. The third-order valence-electron chi connectivity index (χ3n) is 12.1. The molecule has 0 aliphatic carbocycles. The number of fused-ring (bicyclic) bond motifs is 13. The molecule has 13 aromatic rings. The Morgan fingerprint density at radius 3 is 1.90 bits per heavy atom. The van der Waals surface area contributed by atoms with E-state index < -0.39 is 0 Å². The molecule has 0 aliphatic rings. The molecule has 5 nitrogen and oxygen atoms in total. The van der Waals surface area contributed by atoms with Crippen molar-refractivity contribution in [2.45, 2.75) is 0 Å². The summed E-state index contributed by atoms with van der Waals surface area (Å²) in [4.78, 5) is 11.0. The van der Waals surface area contributed by atoms with Crippen molar-refractivity contribution in [3.63, 3.8) is 0 Å². The minimum absolute atomic E-state index is 0.610. The Labute approximate surface area is 337 Å². The first-order chi connectivity index (χ1) is 29.3. The minimum atomic E-state index is 0.610. The highest BCUT2D eigenvalue weighted by Gasteiger charge is 2.25. The summed E-state index contributed by atoms with van der Waals surface area (Å²) in [5.41, 5.74) is 12.3. The van der Waals surface area contributed by atoms with Crippen LogP contribution in [0.25, 0.3) is 121 Å². The predicted octanol–water partition coefficient (Wildman–Crippen LogP) is 14.2. The van der Waals surface area contributed by atoms with Gasteiger partial charge in [0.2, 0.25) is 5.95 Å². The first-order valence-electron chi connectivity index (χ1n) is 20.0. The molecule has 4 heterocycles. The van der Waals surface area contributed by atoms with E-state index in [2.05, 4.69) is 191 Å². The van der Waals surface area contributed by atoms with Crippen LogP contribution >= 0.6 is 0 Å². The Morgan fingerprint density at radius 2 is 1.03 bits per heavy atom. The average molecular weight is 753 g/mol. The van der Waals surface area contributed by atoms with Gasteiger partial charge >= 0.3 is 0 Å². The first-order valence-corrected chi connectivity index (χ1v) is 20.0. The van der Waals surface area contributed by atoms with E-state index in [1.165, 1.54) is 16.3 Å². The third-order valence-corrected chi connectivity index (χ3v) is 12.1. The van der Waals surface area contributed by atoms with Crippen LogP contribution < -0.4 is 0 Å². The molecule has 0 saturated heterocycles. The van der Waals surface area contributed by atoms with Crippen LogP contribution in [0.2, 0.25) is 0 Å². The van der Waals surface area contributed by atoms with Crippen molar-refractivity contribution >= 4 is 87.2 Å². The van der Waals surface area contributed by atoms with Crippen LogP contribution in [0.1, 0.15) is 0 Å². The van der Waals surface area contributed by atoms with Gasteiger partial charge in [0.25, 0.3) is 0 Å². The summed E-state index contributed by atoms with van der Waals surface area (Å²) in [5.74, 6) is 0.610. The quantitative estimate of drug-likeness (QED) is 0.180. The monoisotopic (exact) mass is 752 g/mol. The third kappa shape index (κ3) is 4.67. The Bertz CT molecular complexity index is 3830. The van der Waals surface area contributed by atoms with Crippen molar-refractivity contribution < 1.29 is 4.42 Å². The maximum absolute atomic E-state index is 6.55. The van der Waals surface area contributed by atoms with Gasteiger partial charge in [0.1, 0.15) is 11.2 Å². The number of aromatic nitrogens is 4. The van der Waals surface area contributed by atoms with E-state index >= 15 is 0 Å². The molecule has 0 unspecified atom stereocenters. The number of hydrogen-bond acceptors (Lipinski definition) is 3. The maximum Gasteiger partial charge on any atom is 0.235 e. The van der Waals surface area contributed by atoms with Crippen LogP contribution in [-0.2, 0) is 0 Å². The van der Waals surface area contributed by atoms with Crippen LogP contribution in [0, 0.1) is 0 Å². The molecule has 0 atom stereocenters. The van der Waals surface area contributed by atoms with Gasteiger partial charge in [-0.3, -0.25) is 4.57 Å². The second-order valence-electron chi connectivity index (χ2n) is 15.3. The standard InChI is InChI=1S/C54H32N4O/c1-2-12-33(13-3-1)35-22-24-36(25-23-35)51-41-16-6-9-19-44(41)55-54(56-51)58-52-39(40-29-31-48-50(53(40)58)43-18-8-11-21-47(43)59-48)28-30-46-49(52)42-17-7-10-20-45(42)57(46)38-27-26-34-14-4-5-15-37(34)32-38/h1-32H. The zero-order valence-electron chi connectivity index (χ0n) is 31.7. The van der Waals surface area contributed by atoms with E-state index in [1.54, 1.807) is 0 Å². The van der Waals surface area contributed by atoms with Crippen molar-refractivity contribution in [1.29, 1.82) is 0 Å². The second-order valence-corrected chi connectivity index (χ2v) is 15.3. The van der Waals surface area contributed by atoms with Gasteiger partial charge < -0.3 is 8.98 Å². The van der Waals surface area contributed by atoms with E-state index in [1.807, 2.05) is 12.1 Å². The van der Waals surface area contributed by atoms with Gasteiger partial charge in [-0.15, -0.1) is 0 Å². The molecule has 274 valence electrons. The summed E-state index contributed by atoms with van der Waals surface area (Å²) in [6.45, 7) is 0. The maximum atomic E-state index is 6.55. The normalized spacial score (nSPS) is 12.1. The fourth-order valence-corrected chi connectivity index (χ4v) is 9.48. The van der Waals surface area contributed by atoms with E-state index in [4.69, 9.17) is 14.4 Å². The van der Waals surface area contributed by atoms with Gasteiger partial charge in [0.05, 0.1) is 38.7 Å². The van der Waals surface area contributed by atoms with Gasteiger partial charge in [-0.1, -0.05) is 146 Å². The number of hydrogen-bond donors (Lipinski definition) is 0. The topological polar surface area (TPSA) is 48.8 Å². The average Bonchev–Trinajstić information content (AvgIpc) is 3.96. The van der Waals surface area contributed by atoms with Crippen molar-refractivity contribution in [2.24, 2.45) is 0 Å². The van der Waals surface area contributed by atoms with E-state index in [0.717, 1.165) is 99.0 Å². The largest absolute Gasteiger partial charge is 0.456 e. The number of para-hydroxylation sites is 3. The van der Waals surface area contributed by atoms with E-state index in [0.29, 0.717) is 5.95 Å². The summed E-state index contributed by atoms with van der Waals surface area (Å²) in [7, 11) is 0. The van der Waals surface area contributed by atoms with E-state index in [9.17, 15) is 0 Å². The summed E-state index contributed by atoms with van der Waals surface area (Å²) < 4.78 is 11.3. The molecule has 0 aliphatic heterocycles. The molecule has 59 heavy (non-hydrogen) atoms. The Balaban J connectivity index is 1.18. The lowest BCUT2D eigenvalue weighted by Gasteiger charge is -2.13. The molecule has 0 spiro atoms. The Morgan fingerprint density at radius 1 is 0.373 bits per heavy atom. The number of furan rings is 1. The lowest BCUT2D eigenvalue weighted by Crippen LogP contribution is -2.04. The van der Waals surface area contributed by atoms with Gasteiger partial charge in [0.15, 0.2) is 0 Å². The SMILES string of the molecule is c1ccc(-c2ccc(-c3nc(-n4c5c(ccc6oc7ccccc7c65)c5ccc6c(c7ccccc7n6-c6ccc7ccccc7c6)c54)nc4ccccc34)cc2)cc1. The number of nitrogens with zero attached hydrogens (tertiary/aromatic N) is 4. The summed E-state index contributed by atoms with van der Waals surface area (Å²) >= 11 is 0. The Hall–Kier alpha value is -8.02. The van der Waals surface area contributed by atoms with Crippen LogP contribution in [0.5, 0.6) is 0 Å². The zero-order valence-corrected chi connectivity index (χ0v) is 31.7. The van der Waals surface area contributed by atoms with Crippen LogP contribution in [0.4, 0.5) is 0 Å². The highest BCUT2D eigenvalue weighted by molar-refractivity contribution is 6.30. The van der Waals surface area contributed by atoms with Gasteiger partial charge in [-0.25, -0.2) is 9.97 Å². The zero-order chi connectivity index (χ0) is 38.6. The van der Waals surface area contributed by atoms with Crippen LogP contribution in [0.3, 0.4) is 0 Å². The lowest BCUT2D eigenvalue weighted by atomic mass is 10.0. The molecule has 0 radical (unpaired) electrons. The summed E-state index contributed by atoms with van der Waals surface area (Å²) in [5, 5.41) is 10.1. The molecular formula is C54H32N4O. The van der Waals surface area contributed by atoms with Crippen LogP contribution in [0.15, 0.2) is 199 Å². The molecule has 0 saturated carbocycles. The molecule has 0 fully saturated rings. The van der Waals surface area contributed by atoms with Crippen LogP contribution in [-0.4, -0.2) is 19.1 Å². The molecule has 9 aromatic carbocycles. The van der Waals surface area contributed by atoms with Crippen molar-refractivity contribution in [1.82, 2.24) is 19.1 Å². The molecule has 13 rings (SSSR count). The minimum Gasteiger partial charge on any atom is -0.456 e. The molecule has 0 amide bonds. The fourth-order valence-electron chi connectivity index (χ4n) is 9.48. The van der Waals surface area contributed by atoms with Gasteiger partial charge in [-0.05, 0) is 70.4 Å². The van der Waals surface area contributed by atoms with Crippen molar-refractivity contribution in [3.8, 4) is 34.0 Å². The molecular weight excluding hydrogens is 721 g/mol. The van der Waals surface area contributed by atoms with Gasteiger partial charge in [0, 0.05) is 43.6 Å².